The summed E-state index contributed by atoms with van der Waals surface area (Å²) < 4.78 is 16.9. The van der Waals surface area contributed by atoms with Crippen LogP contribution in [-0.4, -0.2) is 33.0 Å². The number of hydrogen-bond donors (Lipinski definition) is 1. The number of hydrogen-bond acceptors (Lipinski definition) is 6. The Morgan fingerprint density at radius 2 is 1.51 bits per heavy atom. The van der Waals surface area contributed by atoms with Crippen LogP contribution in [0.4, 0.5) is 11.4 Å². The van der Waals surface area contributed by atoms with Crippen LogP contribution in [0, 0.1) is 5.92 Å². The van der Waals surface area contributed by atoms with E-state index in [2.05, 4.69) is 17.4 Å². The topological polar surface area (TPSA) is 77.1 Å². The van der Waals surface area contributed by atoms with Gasteiger partial charge in [-0.2, -0.15) is 0 Å². The summed E-state index contributed by atoms with van der Waals surface area (Å²) in [6.07, 6.45) is 2.73. The Morgan fingerprint density at radius 1 is 0.846 bits per heavy atom. The molecule has 1 aliphatic heterocycles. The van der Waals surface area contributed by atoms with Crippen molar-refractivity contribution in [2.24, 2.45) is 5.92 Å². The molecule has 1 fully saturated rings. The molecule has 6 rings (SSSR count). The molecule has 1 N–H and O–H groups in total. The molecule has 0 spiro atoms. The van der Waals surface area contributed by atoms with Crippen molar-refractivity contribution < 1.29 is 23.8 Å². The average Bonchev–Trinajstić information content (AvgIpc) is 3.83. The first-order valence-electron chi connectivity index (χ1n) is 13.3. The summed E-state index contributed by atoms with van der Waals surface area (Å²) in [5.41, 5.74) is 4.89. The molecular weight excluding hydrogens is 492 g/mol. The van der Waals surface area contributed by atoms with Gasteiger partial charge in [-0.1, -0.05) is 42.5 Å². The van der Waals surface area contributed by atoms with Crippen LogP contribution in [0.3, 0.4) is 0 Å². The molecule has 0 bridgehead atoms. The number of nitrogens with one attached hydrogen (secondary N) is 1. The Hall–Kier alpha value is -4.26. The molecule has 3 aliphatic rings. The molecule has 3 aromatic carbocycles. The van der Waals surface area contributed by atoms with E-state index < -0.39 is 6.04 Å². The first-order chi connectivity index (χ1) is 19.0. The molecule has 1 saturated carbocycles. The van der Waals surface area contributed by atoms with Gasteiger partial charge in [0.15, 0.2) is 17.3 Å². The Morgan fingerprint density at radius 3 is 2.15 bits per heavy atom. The lowest BCUT2D eigenvalue weighted by molar-refractivity contribution is -0.120. The van der Waals surface area contributed by atoms with Crippen molar-refractivity contribution in [1.29, 1.82) is 0 Å². The number of anilines is 2. The van der Waals surface area contributed by atoms with Crippen molar-refractivity contribution in [3.05, 3.63) is 89.1 Å². The summed E-state index contributed by atoms with van der Waals surface area (Å²) >= 11 is 0. The molecule has 7 heteroatoms. The third kappa shape index (κ3) is 4.42. The SMILES string of the molecule is COc1cc(C2C3=C(CC(c4ccccc4)CC3=O)Nc3ccccc3N2C(=O)C2CC2)cc(OC)c1OC. The molecule has 2 unspecified atom stereocenters. The van der Waals surface area contributed by atoms with Gasteiger partial charge in [0, 0.05) is 23.6 Å². The maximum absolute atomic E-state index is 14.2. The second-order valence-electron chi connectivity index (χ2n) is 10.3. The number of methoxy groups -OCH3 is 3. The minimum absolute atomic E-state index is 0.0229. The Kier molecular flexibility index (Phi) is 6.51. The van der Waals surface area contributed by atoms with E-state index in [4.69, 9.17) is 14.2 Å². The van der Waals surface area contributed by atoms with E-state index in [1.54, 1.807) is 21.3 Å². The zero-order chi connectivity index (χ0) is 27.1. The molecule has 200 valence electrons. The first kappa shape index (κ1) is 25.0. The second kappa shape index (κ2) is 10.1. The summed E-state index contributed by atoms with van der Waals surface area (Å²) in [7, 11) is 4.70. The number of carbonyl (C=O) groups excluding carboxylic acids is 2. The number of carbonyl (C=O) groups is 2. The van der Waals surface area contributed by atoms with Crippen LogP contribution in [0.25, 0.3) is 0 Å². The van der Waals surface area contributed by atoms with E-state index in [-0.39, 0.29) is 23.5 Å². The Bertz CT molecular complexity index is 1440. The largest absolute Gasteiger partial charge is 0.493 e. The monoisotopic (exact) mass is 524 g/mol. The summed E-state index contributed by atoms with van der Waals surface area (Å²) in [4.78, 5) is 30.0. The fourth-order valence-electron chi connectivity index (χ4n) is 5.90. The Balaban J connectivity index is 1.59. The van der Waals surface area contributed by atoms with Crippen LogP contribution in [0.2, 0.25) is 0 Å². The third-order valence-electron chi connectivity index (χ3n) is 7.93. The van der Waals surface area contributed by atoms with Gasteiger partial charge in [-0.3, -0.25) is 14.5 Å². The van der Waals surface area contributed by atoms with Crippen molar-refractivity contribution in [3.8, 4) is 17.2 Å². The van der Waals surface area contributed by atoms with Gasteiger partial charge in [0.1, 0.15) is 0 Å². The molecule has 1 amide bonds. The smallest absolute Gasteiger partial charge is 0.231 e. The highest BCUT2D eigenvalue weighted by Crippen LogP contribution is 2.51. The summed E-state index contributed by atoms with van der Waals surface area (Å²) in [5.74, 6) is 1.45. The maximum atomic E-state index is 14.2. The summed E-state index contributed by atoms with van der Waals surface area (Å²) in [6, 6.07) is 21.0. The van der Waals surface area contributed by atoms with Crippen LogP contribution < -0.4 is 24.4 Å². The predicted molar refractivity (Wildman–Crippen MR) is 150 cm³/mol. The van der Waals surface area contributed by atoms with E-state index in [0.717, 1.165) is 41.0 Å². The van der Waals surface area contributed by atoms with Crippen molar-refractivity contribution >= 4 is 23.1 Å². The highest BCUT2D eigenvalue weighted by atomic mass is 16.5. The Labute approximate surface area is 228 Å². The second-order valence-corrected chi connectivity index (χ2v) is 10.3. The van der Waals surface area contributed by atoms with Crippen LogP contribution in [-0.2, 0) is 9.59 Å². The number of nitrogens with zero attached hydrogens (tertiary/aromatic N) is 1. The summed E-state index contributed by atoms with van der Waals surface area (Å²) in [5, 5.41) is 3.59. The van der Waals surface area contributed by atoms with Crippen molar-refractivity contribution in [3.63, 3.8) is 0 Å². The standard InChI is InChI=1S/C32H32N2O5/c1-37-27-17-22(18-28(38-2)31(27)39-3)30-29-24(15-21(16-26(29)35)19-9-5-4-6-10-19)33-23-11-7-8-12-25(23)34(30)32(36)20-13-14-20/h4-12,17-18,20-21,30,33H,13-16H2,1-3H3. The molecule has 2 aliphatic carbocycles. The van der Waals surface area contributed by atoms with Crippen LogP contribution in [0.15, 0.2) is 78.0 Å². The van der Waals surface area contributed by atoms with Gasteiger partial charge in [0.2, 0.25) is 11.7 Å². The van der Waals surface area contributed by atoms with Gasteiger partial charge < -0.3 is 19.5 Å². The van der Waals surface area contributed by atoms with Gasteiger partial charge in [0.25, 0.3) is 0 Å². The normalized spacial score (nSPS) is 20.4. The zero-order valence-electron chi connectivity index (χ0n) is 22.4. The molecule has 0 radical (unpaired) electrons. The molecule has 7 nitrogen and oxygen atoms in total. The molecular formula is C32H32N2O5. The number of fused-ring (bicyclic) bond motifs is 1. The lowest BCUT2D eigenvalue weighted by Gasteiger charge is -2.35. The zero-order valence-corrected chi connectivity index (χ0v) is 22.4. The van der Waals surface area contributed by atoms with Gasteiger partial charge in [0.05, 0.1) is 38.7 Å². The first-order valence-corrected chi connectivity index (χ1v) is 13.3. The van der Waals surface area contributed by atoms with E-state index >= 15 is 0 Å². The molecule has 3 aromatic rings. The lowest BCUT2D eigenvalue weighted by atomic mass is 9.78. The molecule has 0 saturated heterocycles. The van der Waals surface area contributed by atoms with Crippen LogP contribution >= 0.6 is 0 Å². The lowest BCUT2D eigenvalue weighted by Crippen LogP contribution is -2.39. The fraction of sp³-hybridized carbons (Fsp3) is 0.312. The van der Waals surface area contributed by atoms with Gasteiger partial charge in [-0.25, -0.2) is 0 Å². The van der Waals surface area contributed by atoms with Crippen LogP contribution in [0.5, 0.6) is 17.2 Å². The number of amides is 1. The molecule has 1 heterocycles. The highest BCUT2D eigenvalue weighted by molar-refractivity contribution is 6.07. The number of ether oxygens (including phenoxy) is 3. The van der Waals surface area contributed by atoms with E-state index in [1.807, 2.05) is 59.5 Å². The van der Waals surface area contributed by atoms with Gasteiger partial charge in [-0.05, 0) is 60.6 Å². The van der Waals surface area contributed by atoms with E-state index in [0.29, 0.717) is 35.7 Å². The number of para-hydroxylation sites is 2. The number of Topliss-reactive ketones (excluding diaryl/α,β-unsaturated/α-hetero) is 1. The number of ketones is 1. The van der Waals surface area contributed by atoms with Crippen molar-refractivity contribution in [2.45, 2.75) is 37.6 Å². The predicted octanol–water partition coefficient (Wildman–Crippen LogP) is 6.02. The minimum atomic E-state index is -0.651. The number of allylic oxidation sites excluding steroid dienone is 1. The fourth-order valence-corrected chi connectivity index (χ4v) is 5.90. The quantitative estimate of drug-likeness (QED) is 0.425. The van der Waals surface area contributed by atoms with Crippen LogP contribution in [0.1, 0.15) is 48.8 Å². The van der Waals surface area contributed by atoms with Crippen molar-refractivity contribution in [2.75, 3.05) is 31.5 Å². The number of rotatable bonds is 6. The van der Waals surface area contributed by atoms with Gasteiger partial charge >= 0.3 is 0 Å². The van der Waals surface area contributed by atoms with Gasteiger partial charge in [-0.15, -0.1) is 0 Å². The molecule has 0 aromatic heterocycles. The third-order valence-corrected chi connectivity index (χ3v) is 7.93. The average molecular weight is 525 g/mol. The molecule has 39 heavy (non-hydrogen) atoms. The highest BCUT2D eigenvalue weighted by Gasteiger charge is 2.45. The minimum Gasteiger partial charge on any atom is -0.493 e. The number of benzene rings is 3. The molecule has 2 atom stereocenters. The van der Waals surface area contributed by atoms with E-state index in [1.165, 1.54) is 0 Å². The summed E-state index contributed by atoms with van der Waals surface area (Å²) in [6.45, 7) is 0. The van der Waals surface area contributed by atoms with E-state index in [9.17, 15) is 9.59 Å². The maximum Gasteiger partial charge on any atom is 0.231 e. The van der Waals surface area contributed by atoms with Crippen molar-refractivity contribution in [1.82, 2.24) is 0 Å².